The SMILES string of the molecule is C[C@H](c1ccccn1)N(C)CCN. The largest absolute Gasteiger partial charge is 0.329 e. The molecule has 1 aromatic rings. The van der Waals surface area contributed by atoms with Gasteiger partial charge in [0.05, 0.1) is 5.69 Å². The van der Waals surface area contributed by atoms with Crippen molar-refractivity contribution in [2.24, 2.45) is 5.73 Å². The van der Waals surface area contributed by atoms with Crippen molar-refractivity contribution in [3.63, 3.8) is 0 Å². The molecule has 0 aliphatic carbocycles. The zero-order chi connectivity index (χ0) is 9.68. The molecule has 0 aliphatic heterocycles. The standard InChI is InChI=1S/C10H17N3/c1-9(13(2)8-6-11)10-5-3-4-7-12-10/h3-5,7,9H,6,8,11H2,1-2H3/t9-/m1/s1. The Morgan fingerprint density at radius 1 is 1.54 bits per heavy atom. The van der Waals surface area contributed by atoms with Crippen LogP contribution in [0.25, 0.3) is 0 Å². The zero-order valence-electron chi connectivity index (χ0n) is 8.27. The predicted molar refractivity (Wildman–Crippen MR) is 54.3 cm³/mol. The maximum absolute atomic E-state index is 5.48. The molecule has 3 nitrogen and oxygen atoms in total. The summed E-state index contributed by atoms with van der Waals surface area (Å²) in [6.45, 7) is 3.73. The third kappa shape index (κ3) is 2.79. The van der Waals surface area contributed by atoms with Crippen molar-refractivity contribution in [2.75, 3.05) is 20.1 Å². The number of rotatable bonds is 4. The van der Waals surface area contributed by atoms with Gasteiger partial charge in [0.15, 0.2) is 0 Å². The molecular weight excluding hydrogens is 162 g/mol. The van der Waals surface area contributed by atoms with Gasteiger partial charge in [-0.3, -0.25) is 9.88 Å². The summed E-state index contributed by atoms with van der Waals surface area (Å²) in [7, 11) is 2.06. The van der Waals surface area contributed by atoms with Crippen molar-refractivity contribution in [3.8, 4) is 0 Å². The molecule has 2 N–H and O–H groups in total. The third-order valence-electron chi connectivity index (χ3n) is 2.26. The summed E-state index contributed by atoms with van der Waals surface area (Å²) in [6, 6.07) is 6.32. The van der Waals surface area contributed by atoms with Gasteiger partial charge >= 0.3 is 0 Å². The molecule has 1 aromatic heterocycles. The molecule has 0 fully saturated rings. The Kier molecular flexibility index (Phi) is 3.86. The lowest BCUT2D eigenvalue weighted by Gasteiger charge is -2.23. The van der Waals surface area contributed by atoms with Crippen molar-refractivity contribution in [1.29, 1.82) is 0 Å². The number of pyridine rings is 1. The first kappa shape index (κ1) is 10.2. The third-order valence-corrected chi connectivity index (χ3v) is 2.26. The van der Waals surface area contributed by atoms with Gasteiger partial charge in [-0.1, -0.05) is 6.07 Å². The summed E-state index contributed by atoms with van der Waals surface area (Å²) in [5.74, 6) is 0. The van der Waals surface area contributed by atoms with Crippen LogP contribution in [0.2, 0.25) is 0 Å². The number of hydrogen-bond acceptors (Lipinski definition) is 3. The fraction of sp³-hybridized carbons (Fsp3) is 0.500. The molecule has 0 amide bonds. The van der Waals surface area contributed by atoms with Gasteiger partial charge in [-0.15, -0.1) is 0 Å². The summed E-state index contributed by atoms with van der Waals surface area (Å²) in [5, 5.41) is 0. The number of nitrogens with zero attached hydrogens (tertiary/aromatic N) is 2. The van der Waals surface area contributed by atoms with Crippen LogP contribution >= 0.6 is 0 Å². The molecule has 3 heteroatoms. The van der Waals surface area contributed by atoms with Crippen LogP contribution < -0.4 is 5.73 Å². The Hall–Kier alpha value is -0.930. The normalized spacial score (nSPS) is 13.2. The second kappa shape index (κ2) is 4.94. The number of nitrogens with two attached hydrogens (primary N) is 1. The Morgan fingerprint density at radius 3 is 2.85 bits per heavy atom. The molecule has 0 unspecified atom stereocenters. The molecule has 72 valence electrons. The highest BCUT2D eigenvalue weighted by Crippen LogP contribution is 2.14. The van der Waals surface area contributed by atoms with Crippen LogP contribution in [-0.2, 0) is 0 Å². The highest BCUT2D eigenvalue weighted by molar-refractivity contribution is 5.07. The highest BCUT2D eigenvalue weighted by atomic mass is 15.1. The predicted octanol–water partition coefficient (Wildman–Crippen LogP) is 1.03. The maximum atomic E-state index is 5.48. The van der Waals surface area contributed by atoms with E-state index < -0.39 is 0 Å². The summed E-state index contributed by atoms with van der Waals surface area (Å²) in [4.78, 5) is 6.50. The molecule has 0 spiro atoms. The summed E-state index contributed by atoms with van der Waals surface area (Å²) in [6.07, 6.45) is 1.82. The van der Waals surface area contributed by atoms with Crippen molar-refractivity contribution < 1.29 is 0 Å². The lowest BCUT2D eigenvalue weighted by atomic mass is 10.2. The van der Waals surface area contributed by atoms with Crippen molar-refractivity contribution in [3.05, 3.63) is 30.1 Å². The molecule has 0 saturated heterocycles. The second-order valence-corrected chi connectivity index (χ2v) is 3.20. The minimum atomic E-state index is 0.338. The topological polar surface area (TPSA) is 42.2 Å². The molecule has 0 aromatic carbocycles. The Bertz CT molecular complexity index is 235. The van der Waals surface area contributed by atoms with E-state index in [1.54, 1.807) is 0 Å². The van der Waals surface area contributed by atoms with E-state index in [-0.39, 0.29) is 0 Å². The fourth-order valence-electron chi connectivity index (χ4n) is 1.25. The van der Waals surface area contributed by atoms with E-state index in [0.717, 1.165) is 12.2 Å². The van der Waals surface area contributed by atoms with Gasteiger partial charge in [0.1, 0.15) is 0 Å². The maximum Gasteiger partial charge on any atom is 0.0572 e. The van der Waals surface area contributed by atoms with Gasteiger partial charge in [-0.25, -0.2) is 0 Å². The summed E-state index contributed by atoms with van der Waals surface area (Å²) >= 11 is 0. The van der Waals surface area contributed by atoms with E-state index in [0.29, 0.717) is 12.6 Å². The van der Waals surface area contributed by atoms with Crippen molar-refractivity contribution in [2.45, 2.75) is 13.0 Å². The van der Waals surface area contributed by atoms with Gasteiger partial charge in [-0.05, 0) is 26.1 Å². The molecule has 1 atom stereocenters. The van der Waals surface area contributed by atoms with Crippen LogP contribution in [0.3, 0.4) is 0 Å². The minimum absolute atomic E-state index is 0.338. The number of hydrogen-bond donors (Lipinski definition) is 1. The lowest BCUT2D eigenvalue weighted by Crippen LogP contribution is -2.28. The van der Waals surface area contributed by atoms with Crippen LogP contribution in [0.1, 0.15) is 18.7 Å². The number of likely N-dealkylation sites (N-methyl/N-ethyl adjacent to an activating group) is 1. The molecule has 13 heavy (non-hydrogen) atoms. The monoisotopic (exact) mass is 179 g/mol. The Labute approximate surface area is 79.6 Å². The van der Waals surface area contributed by atoms with Crippen LogP contribution in [0.5, 0.6) is 0 Å². The quantitative estimate of drug-likeness (QED) is 0.750. The fourth-order valence-corrected chi connectivity index (χ4v) is 1.25. The van der Waals surface area contributed by atoms with Gasteiger partial charge in [0.25, 0.3) is 0 Å². The highest BCUT2D eigenvalue weighted by Gasteiger charge is 2.10. The van der Waals surface area contributed by atoms with Crippen molar-refractivity contribution >= 4 is 0 Å². The molecule has 0 bridgehead atoms. The Morgan fingerprint density at radius 2 is 2.31 bits per heavy atom. The van der Waals surface area contributed by atoms with Gasteiger partial charge in [-0.2, -0.15) is 0 Å². The average molecular weight is 179 g/mol. The van der Waals surface area contributed by atoms with Gasteiger partial charge < -0.3 is 5.73 Å². The molecule has 0 aliphatic rings. The van der Waals surface area contributed by atoms with E-state index >= 15 is 0 Å². The zero-order valence-corrected chi connectivity index (χ0v) is 8.27. The first-order valence-electron chi connectivity index (χ1n) is 4.57. The van der Waals surface area contributed by atoms with E-state index in [1.165, 1.54) is 0 Å². The smallest absolute Gasteiger partial charge is 0.0572 e. The molecule has 0 radical (unpaired) electrons. The van der Waals surface area contributed by atoms with Crippen LogP contribution in [0.15, 0.2) is 24.4 Å². The Balaban J connectivity index is 2.62. The summed E-state index contributed by atoms with van der Waals surface area (Å²) < 4.78 is 0. The van der Waals surface area contributed by atoms with Crippen LogP contribution in [0, 0.1) is 0 Å². The second-order valence-electron chi connectivity index (χ2n) is 3.20. The first-order valence-corrected chi connectivity index (χ1v) is 4.57. The average Bonchev–Trinajstić information content (AvgIpc) is 2.18. The van der Waals surface area contributed by atoms with Gasteiger partial charge in [0.2, 0.25) is 0 Å². The number of aromatic nitrogens is 1. The minimum Gasteiger partial charge on any atom is -0.329 e. The molecule has 0 saturated carbocycles. The van der Waals surface area contributed by atoms with Crippen LogP contribution in [-0.4, -0.2) is 30.0 Å². The van der Waals surface area contributed by atoms with E-state index in [2.05, 4.69) is 23.9 Å². The lowest BCUT2D eigenvalue weighted by molar-refractivity contribution is 0.264. The first-order chi connectivity index (χ1) is 6.25. The molecular formula is C10H17N3. The van der Waals surface area contributed by atoms with Crippen LogP contribution in [0.4, 0.5) is 0 Å². The van der Waals surface area contributed by atoms with Gasteiger partial charge in [0, 0.05) is 25.3 Å². The molecule has 1 heterocycles. The molecule has 1 rings (SSSR count). The van der Waals surface area contributed by atoms with E-state index in [1.807, 2.05) is 24.4 Å². The summed E-state index contributed by atoms with van der Waals surface area (Å²) in [5.41, 5.74) is 6.58. The van der Waals surface area contributed by atoms with Crippen molar-refractivity contribution in [1.82, 2.24) is 9.88 Å². The van der Waals surface area contributed by atoms with E-state index in [4.69, 9.17) is 5.73 Å². The van der Waals surface area contributed by atoms with E-state index in [9.17, 15) is 0 Å².